The summed E-state index contributed by atoms with van der Waals surface area (Å²) in [4.78, 5) is 11.7. The number of halogens is 1. The van der Waals surface area contributed by atoms with E-state index in [1.54, 1.807) is 0 Å². The Morgan fingerprint density at radius 3 is 2.67 bits per heavy atom. The maximum atomic E-state index is 11.7. The number of hydrogen-bond acceptors (Lipinski definition) is 1. The maximum absolute atomic E-state index is 11.7. The SMILES string of the molecule is CC1CC(C)C2C(=O)N(I)CC12. The van der Waals surface area contributed by atoms with Gasteiger partial charge in [0.05, 0.1) is 22.9 Å². The van der Waals surface area contributed by atoms with Crippen LogP contribution in [0.5, 0.6) is 0 Å². The Kier molecular flexibility index (Phi) is 2.09. The monoisotopic (exact) mass is 279 g/mol. The minimum atomic E-state index is 0.344. The summed E-state index contributed by atoms with van der Waals surface area (Å²) in [6.45, 7) is 5.48. The van der Waals surface area contributed by atoms with Crippen molar-refractivity contribution in [2.24, 2.45) is 23.7 Å². The molecule has 1 saturated carbocycles. The number of carbonyl (C=O) groups is 1. The fourth-order valence-electron chi connectivity index (χ4n) is 2.84. The van der Waals surface area contributed by atoms with E-state index in [1.165, 1.54) is 6.42 Å². The first-order chi connectivity index (χ1) is 5.61. The number of carbonyl (C=O) groups excluding carboxylic acids is 1. The topological polar surface area (TPSA) is 20.3 Å². The van der Waals surface area contributed by atoms with Crippen LogP contribution in [0.2, 0.25) is 0 Å². The zero-order valence-electron chi connectivity index (χ0n) is 7.46. The second kappa shape index (κ2) is 2.86. The summed E-state index contributed by atoms with van der Waals surface area (Å²) >= 11 is 2.15. The van der Waals surface area contributed by atoms with E-state index in [0.717, 1.165) is 12.5 Å². The van der Waals surface area contributed by atoms with E-state index in [1.807, 2.05) is 3.11 Å². The fraction of sp³-hybridized carbons (Fsp3) is 0.889. The lowest BCUT2D eigenvalue weighted by Crippen LogP contribution is -2.20. The summed E-state index contributed by atoms with van der Waals surface area (Å²) in [7, 11) is 0. The van der Waals surface area contributed by atoms with Crippen LogP contribution < -0.4 is 0 Å². The van der Waals surface area contributed by atoms with Gasteiger partial charge in [-0.2, -0.15) is 0 Å². The van der Waals surface area contributed by atoms with E-state index in [0.29, 0.717) is 23.7 Å². The van der Waals surface area contributed by atoms with Crippen LogP contribution in [0.25, 0.3) is 0 Å². The molecule has 2 aliphatic rings. The van der Waals surface area contributed by atoms with Crippen molar-refractivity contribution in [2.45, 2.75) is 20.3 Å². The molecule has 1 heterocycles. The first kappa shape index (κ1) is 8.78. The summed E-state index contributed by atoms with van der Waals surface area (Å²) in [5, 5.41) is 0. The van der Waals surface area contributed by atoms with Gasteiger partial charge in [-0.25, -0.2) is 0 Å². The van der Waals surface area contributed by atoms with Gasteiger partial charge < -0.3 is 0 Å². The number of hydrogen-bond donors (Lipinski definition) is 0. The van der Waals surface area contributed by atoms with Gasteiger partial charge in [-0.3, -0.25) is 7.91 Å². The summed E-state index contributed by atoms with van der Waals surface area (Å²) in [5.74, 6) is 2.71. The zero-order chi connectivity index (χ0) is 8.88. The van der Waals surface area contributed by atoms with Crippen molar-refractivity contribution < 1.29 is 4.79 Å². The lowest BCUT2D eigenvalue weighted by atomic mass is 9.91. The van der Waals surface area contributed by atoms with Gasteiger partial charge in [0.2, 0.25) is 5.91 Å². The lowest BCUT2D eigenvalue weighted by Gasteiger charge is -2.11. The predicted molar refractivity (Wildman–Crippen MR) is 55.7 cm³/mol. The van der Waals surface area contributed by atoms with Gasteiger partial charge in [-0.15, -0.1) is 0 Å². The van der Waals surface area contributed by atoms with Crippen LogP contribution in [-0.4, -0.2) is 15.6 Å². The van der Waals surface area contributed by atoms with Crippen LogP contribution in [0.15, 0.2) is 0 Å². The normalized spacial score (nSPS) is 46.9. The standard InChI is InChI=1S/C9H14INO/c1-5-3-6(2)8-7(5)4-11(10)9(8)12/h5-8H,3-4H2,1-2H3. The zero-order valence-corrected chi connectivity index (χ0v) is 9.61. The number of fused-ring (bicyclic) bond motifs is 1. The van der Waals surface area contributed by atoms with Crippen LogP contribution in [0.1, 0.15) is 20.3 Å². The molecule has 68 valence electrons. The summed E-state index contributed by atoms with van der Waals surface area (Å²) in [6, 6.07) is 0. The average molecular weight is 279 g/mol. The number of amides is 1. The van der Waals surface area contributed by atoms with E-state index in [4.69, 9.17) is 0 Å². The van der Waals surface area contributed by atoms with Gasteiger partial charge in [0.1, 0.15) is 0 Å². The molecule has 1 amide bonds. The summed E-state index contributed by atoms with van der Waals surface area (Å²) < 4.78 is 1.87. The van der Waals surface area contributed by atoms with Gasteiger partial charge in [-0.05, 0) is 24.2 Å². The Morgan fingerprint density at radius 1 is 1.42 bits per heavy atom. The smallest absolute Gasteiger partial charge is 0.234 e. The van der Waals surface area contributed by atoms with Gasteiger partial charge in [0.15, 0.2) is 0 Å². The van der Waals surface area contributed by atoms with Crippen molar-refractivity contribution in [1.29, 1.82) is 0 Å². The van der Waals surface area contributed by atoms with Crippen molar-refractivity contribution >= 4 is 28.8 Å². The Labute approximate surface area is 87.2 Å². The highest BCUT2D eigenvalue weighted by Crippen LogP contribution is 2.47. The first-order valence-corrected chi connectivity index (χ1v) is 5.55. The molecule has 0 aromatic heterocycles. The lowest BCUT2D eigenvalue weighted by molar-refractivity contribution is -0.127. The van der Waals surface area contributed by atoms with Crippen LogP contribution >= 0.6 is 22.9 Å². The first-order valence-electron chi connectivity index (χ1n) is 4.58. The van der Waals surface area contributed by atoms with E-state index < -0.39 is 0 Å². The fourth-order valence-corrected chi connectivity index (χ4v) is 3.62. The summed E-state index contributed by atoms with van der Waals surface area (Å²) in [6.07, 6.45) is 1.24. The third kappa shape index (κ3) is 1.09. The Morgan fingerprint density at radius 2 is 2.08 bits per heavy atom. The Bertz CT molecular complexity index is 219. The molecular formula is C9H14INO. The van der Waals surface area contributed by atoms with E-state index in [9.17, 15) is 4.79 Å². The van der Waals surface area contributed by atoms with Crippen molar-refractivity contribution in [2.75, 3.05) is 6.54 Å². The largest absolute Gasteiger partial charge is 0.284 e. The second-order valence-corrected chi connectivity index (χ2v) is 5.43. The molecule has 4 unspecified atom stereocenters. The molecule has 1 aliphatic carbocycles. The highest BCUT2D eigenvalue weighted by molar-refractivity contribution is 14.1. The molecule has 0 aromatic rings. The average Bonchev–Trinajstić information content (AvgIpc) is 2.41. The van der Waals surface area contributed by atoms with Gasteiger partial charge >= 0.3 is 0 Å². The maximum Gasteiger partial charge on any atom is 0.234 e. The van der Waals surface area contributed by atoms with Gasteiger partial charge in [0, 0.05) is 12.5 Å². The Hall–Kier alpha value is 0.200. The molecule has 0 aromatic carbocycles. The van der Waals surface area contributed by atoms with E-state index >= 15 is 0 Å². The van der Waals surface area contributed by atoms with E-state index in [2.05, 4.69) is 36.7 Å². The third-order valence-corrected chi connectivity index (χ3v) is 4.31. The number of rotatable bonds is 0. The molecule has 2 rings (SSSR count). The van der Waals surface area contributed by atoms with Crippen molar-refractivity contribution in [3.63, 3.8) is 0 Å². The number of nitrogens with zero attached hydrogens (tertiary/aromatic N) is 1. The molecule has 4 atom stereocenters. The van der Waals surface area contributed by atoms with Crippen molar-refractivity contribution in [3.05, 3.63) is 0 Å². The molecule has 0 N–H and O–H groups in total. The second-order valence-electron chi connectivity index (χ2n) is 4.26. The van der Waals surface area contributed by atoms with Crippen LogP contribution in [-0.2, 0) is 4.79 Å². The minimum Gasteiger partial charge on any atom is -0.284 e. The molecule has 0 radical (unpaired) electrons. The molecule has 12 heavy (non-hydrogen) atoms. The molecule has 0 spiro atoms. The molecule has 2 fully saturated rings. The third-order valence-electron chi connectivity index (χ3n) is 3.44. The predicted octanol–water partition coefficient (Wildman–Crippen LogP) is 2.09. The highest BCUT2D eigenvalue weighted by Gasteiger charge is 2.49. The summed E-state index contributed by atoms with van der Waals surface area (Å²) in [5.41, 5.74) is 0. The highest BCUT2D eigenvalue weighted by atomic mass is 127. The van der Waals surface area contributed by atoms with E-state index in [-0.39, 0.29) is 0 Å². The molecule has 0 bridgehead atoms. The van der Waals surface area contributed by atoms with Crippen LogP contribution in [0.3, 0.4) is 0 Å². The Balaban J connectivity index is 2.23. The molecule has 1 aliphatic heterocycles. The van der Waals surface area contributed by atoms with Crippen LogP contribution in [0, 0.1) is 23.7 Å². The minimum absolute atomic E-state index is 0.344. The molecule has 3 heteroatoms. The molecule has 2 nitrogen and oxygen atoms in total. The van der Waals surface area contributed by atoms with Crippen molar-refractivity contribution in [3.8, 4) is 0 Å². The van der Waals surface area contributed by atoms with Gasteiger partial charge in [-0.1, -0.05) is 13.8 Å². The quantitative estimate of drug-likeness (QED) is 0.491. The molecular weight excluding hydrogens is 265 g/mol. The molecule has 1 saturated heterocycles. The van der Waals surface area contributed by atoms with Crippen LogP contribution in [0.4, 0.5) is 0 Å². The van der Waals surface area contributed by atoms with Crippen molar-refractivity contribution in [1.82, 2.24) is 3.11 Å². The van der Waals surface area contributed by atoms with Gasteiger partial charge in [0.25, 0.3) is 0 Å².